The molecule has 2 aromatic rings. The first kappa shape index (κ1) is 12.8. The number of aromatic nitrogens is 2. The van der Waals surface area contributed by atoms with E-state index in [0.717, 1.165) is 11.3 Å². The first-order valence-corrected chi connectivity index (χ1v) is 5.78. The molecule has 0 unspecified atom stereocenters. The number of nitrogens with two attached hydrogens (primary N) is 1. The number of carbonyl (C=O) groups excluding carboxylic acids is 1. The Labute approximate surface area is 111 Å². The predicted molar refractivity (Wildman–Crippen MR) is 74.3 cm³/mol. The summed E-state index contributed by atoms with van der Waals surface area (Å²) in [6, 6.07) is 7.14. The average molecular weight is 257 g/mol. The topological polar surface area (TPSA) is 92.9 Å². The monoisotopic (exact) mass is 257 g/mol. The maximum absolute atomic E-state index is 11.6. The zero-order chi connectivity index (χ0) is 13.8. The molecule has 0 saturated carbocycles. The van der Waals surface area contributed by atoms with E-state index in [9.17, 15) is 4.79 Å². The van der Waals surface area contributed by atoms with Crippen molar-refractivity contribution in [1.29, 1.82) is 0 Å². The lowest BCUT2D eigenvalue weighted by atomic mass is 10.2. The lowest BCUT2D eigenvalue weighted by Gasteiger charge is -2.09. The largest absolute Gasteiger partial charge is 0.368 e. The van der Waals surface area contributed by atoms with Gasteiger partial charge in [0.05, 0.1) is 0 Å². The highest BCUT2D eigenvalue weighted by molar-refractivity contribution is 5.95. The van der Waals surface area contributed by atoms with Gasteiger partial charge in [0.25, 0.3) is 5.91 Å². The van der Waals surface area contributed by atoms with E-state index < -0.39 is 0 Å². The van der Waals surface area contributed by atoms with Gasteiger partial charge in [-0.25, -0.2) is 4.98 Å². The number of nitrogens with one attached hydrogen (secondary N) is 2. The highest BCUT2D eigenvalue weighted by Crippen LogP contribution is 2.19. The summed E-state index contributed by atoms with van der Waals surface area (Å²) in [6.45, 7) is 1.88. The second-order valence-electron chi connectivity index (χ2n) is 4.04. The summed E-state index contributed by atoms with van der Waals surface area (Å²) in [4.78, 5) is 19.6. The Morgan fingerprint density at radius 2 is 2.16 bits per heavy atom. The Morgan fingerprint density at radius 1 is 1.37 bits per heavy atom. The molecule has 0 aliphatic carbocycles. The van der Waals surface area contributed by atoms with Crippen LogP contribution in [0.1, 0.15) is 15.9 Å². The number of amides is 1. The molecule has 0 bridgehead atoms. The lowest BCUT2D eigenvalue weighted by molar-refractivity contribution is 0.0963. The molecule has 0 fully saturated rings. The predicted octanol–water partition coefficient (Wildman–Crippen LogP) is 1.47. The summed E-state index contributed by atoms with van der Waals surface area (Å²) in [6.07, 6.45) is 1.65. The van der Waals surface area contributed by atoms with Gasteiger partial charge in [0.1, 0.15) is 5.82 Å². The highest BCUT2D eigenvalue weighted by Gasteiger charge is 2.06. The van der Waals surface area contributed by atoms with Crippen LogP contribution in [0.3, 0.4) is 0 Å². The fourth-order valence-electron chi connectivity index (χ4n) is 1.60. The summed E-state index contributed by atoms with van der Waals surface area (Å²) < 4.78 is 0. The minimum absolute atomic E-state index is 0.137. The molecule has 19 heavy (non-hydrogen) atoms. The Kier molecular flexibility index (Phi) is 3.61. The van der Waals surface area contributed by atoms with E-state index in [0.29, 0.717) is 11.4 Å². The summed E-state index contributed by atoms with van der Waals surface area (Å²) in [5.41, 5.74) is 7.77. The molecule has 98 valence electrons. The molecule has 1 aromatic heterocycles. The summed E-state index contributed by atoms with van der Waals surface area (Å²) in [5.74, 6) is 0.694. The zero-order valence-corrected chi connectivity index (χ0v) is 10.8. The normalized spacial score (nSPS) is 10.0. The number of hydrogen-bond acceptors (Lipinski definition) is 5. The van der Waals surface area contributed by atoms with Crippen LogP contribution in [0, 0.1) is 6.92 Å². The van der Waals surface area contributed by atoms with E-state index in [1.54, 1.807) is 31.4 Å². The van der Waals surface area contributed by atoms with Crippen LogP contribution in [-0.2, 0) is 0 Å². The first-order chi connectivity index (χ1) is 9.10. The molecule has 1 heterocycles. The third-order valence-corrected chi connectivity index (χ3v) is 2.60. The van der Waals surface area contributed by atoms with Gasteiger partial charge in [-0.15, -0.1) is 0 Å². The van der Waals surface area contributed by atoms with Crippen LogP contribution in [0.15, 0.2) is 30.5 Å². The average Bonchev–Trinajstić information content (AvgIpc) is 2.42. The van der Waals surface area contributed by atoms with Gasteiger partial charge in [-0.3, -0.25) is 4.79 Å². The molecule has 4 N–H and O–H groups in total. The van der Waals surface area contributed by atoms with E-state index in [1.165, 1.54) is 0 Å². The van der Waals surface area contributed by atoms with Crippen LogP contribution in [0.4, 0.5) is 17.5 Å². The van der Waals surface area contributed by atoms with Crippen molar-refractivity contribution in [2.45, 2.75) is 6.92 Å². The maximum Gasteiger partial charge on any atom is 0.251 e. The standard InChI is InChI=1S/C13H15N5O/c1-8-7-16-13(14)18-11(8)17-10-5-3-4-9(6-10)12(19)15-2/h3-7H,1-2H3,(H,15,19)(H3,14,16,17,18). The summed E-state index contributed by atoms with van der Waals surface area (Å²) >= 11 is 0. The van der Waals surface area contributed by atoms with Crippen molar-refractivity contribution in [2.75, 3.05) is 18.1 Å². The molecule has 6 heteroatoms. The Hall–Kier alpha value is -2.63. The third-order valence-electron chi connectivity index (χ3n) is 2.60. The Bertz CT molecular complexity index is 612. The van der Waals surface area contributed by atoms with Crippen LogP contribution >= 0.6 is 0 Å². The van der Waals surface area contributed by atoms with E-state index in [2.05, 4.69) is 20.6 Å². The lowest BCUT2D eigenvalue weighted by Crippen LogP contribution is -2.17. The van der Waals surface area contributed by atoms with Crippen molar-refractivity contribution in [1.82, 2.24) is 15.3 Å². The molecular formula is C13H15N5O. The van der Waals surface area contributed by atoms with Gasteiger partial charge < -0.3 is 16.4 Å². The van der Waals surface area contributed by atoms with Gasteiger partial charge in [-0.2, -0.15) is 4.98 Å². The van der Waals surface area contributed by atoms with Gasteiger partial charge in [-0.05, 0) is 25.1 Å². The van der Waals surface area contributed by atoms with Crippen LogP contribution in [-0.4, -0.2) is 22.9 Å². The number of aryl methyl sites for hydroxylation is 1. The molecular weight excluding hydrogens is 242 g/mol. The van der Waals surface area contributed by atoms with Crippen LogP contribution < -0.4 is 16.4 Å². The van der Waals surface area contributed by atoms with Gasteiger partial charge in [0.15, 0.2) is 0 Å². The molecule has 0 radical (unpaired) electrons. The second kappa shape index (κ2) is 5.34. The number of rotatable bonds is 3. The van der Waals surface area contributed by atoms with Crippen molar-refractivity contribution in [3.8, 4) is 0 Å². The number of nitrogens with zero attached hydrogens (tertiary/aromatic N) is 2. The number of nitrogen functional groups attached to an aromatic ring is 1. The molecule has 0 saturated heterocycles. The van der Waals surface area contributed by atoms with E-state index in [-0.39, 0.29) is 11.9 Å². The van der Waals surface area contributed by atoms with Crippen molar-refractivity contribution in [2.24, 2.45) is 0 Å². The number of carbonyl (C=O) groups is 1. The second-order valence-corrected chi connectivity index (χ2v) is 4.04. The molecule has 0 aliphatic rings. The SMILES string of the molecule is CNC(=O)c1cccc(Nc2nc(N)ncc2C)c1. The zero-order valence-electron chi connectivity index (χ0n) is 10.8. The van der Waals surface area contributed by atoms with Gasteiger partial charge in [0, 0.05) is 30.1 Å². The van der Waals surface area contributed by atoms with Crippen molar-refractivity contribution >= 4 is 23.4 Å². The number of anilines is 3. The summed E-state index contributed by atoms with van der Waals surface area (Å²) in [7, 11) is 1.59. The quantitative estimate of drug-likeness (QED) is 0.774. The molecule has 6 nitrogen and oxygen atoms in total. The minimum Gasteiger partial charge on any atom is -0.368 e. The van der Waals surface area contributed by atoms with Crippen molar-refractivity contribution in [3.63, 3.8) is 0 Å². The maximum atomic E-state index is 11.6. The fraction of sp³-hybridized carbons (Fsp3) is 0.154. The van der Waals surface area contributed by atoms with E-state index in [1.807, 2.05) is 13.0 Å². The number of benzene rings is 1. The smallest absolute Gasteiger partial charge is 0.251 e. The minimum atomic E-state index is -0.137. The number of hydrogen-bond donors (Lipinski definition) is 3. The third kappa shape index (κ3) is 2.98. The summed E-state index contributed by atoms with van der Waals surface area (Å²) in [5, 5.41) is 5.70. The molecule has 1 amide bonds. The molecule has 1 aromatic carbocycles. The molecule has 0 aliphatic heterocycles. The molecule has 2 rings (SSSR count). The Balaban J connectivity index is 2.28. The highest BCUT2D eigenvalue weighted by atomic mass is 16.1. The van der Waals surface area contributed by atoms with Crippen LogP contribution in [0.2, 0.25) is 0 Å². The molecule has 0 spiro atoms. The Morgan fingerprint density at radius 3 is 2.89 bits per heavy atom. The van der Waals surface area contributed by atoms with E-state index in [4.69, 9.17) is 5.73 Å². The first-order valence-electron chi connectivity index (χ1n) is 5.78. The van der Waals surface area contributed by atoms with Crippen LogP contribution in [0.25, 0.3) is 0 Å². The molecule has 0 atom stereocenters. The van der Waals surface area contributed by atoms with Gasteiger partial charge >= 0.3 is 0 Å². The van der Waals surface area contributed by atoms with Crippen LogP contribution in [0.5, 0.6) is 0 Å². The van der Waals surface area contributed by atoms with E-state index >= 15 is 0 Å². The van der Waals surface area contributed by atoms with Gasteiger partial charge in [0.2, 0.25) is 5.95 Å². The van der Waals surface area contributed by atoms with Gasteiger partial charge in [-0.1, -0.05) is 6.07 Å². The van der Waals surface area contributed by atoms with Crippen molar-refractivity contribution in [3.05, 3.63) is 41.6 Å². The van der Waals surface area contributed by atoms with Crippen molar-refractivity contribution < 1.29 is 4.79 Å². The fourth-order valence-corrected chi connectivity index (χ4v) is 1.60.